The molecule has 1 aromatic carbocycles. The molecule has 2 atom stereocenters. The van der Waals surface area contributed by atoms with Gasteiger partial charge in [-0.25, -0.2) is 4.98 Å². The lowest BCUT2D eigenvalue weighted by Crippen LogP contribution is -2.52. The van der Waals surface area contributed by atoms with E-state index in [1.54, 1.807) is 0 Å². The first-order valence-corrected chi connectivity index (χ1v) is 12.5. The third-order valence-electron chi connectivity index (χ3n) is 7.44. The third kappa shape index (κ3) is 4.92. The minimum Gasteiger partial charge on any atom is -0.378 e. The highest BCUT2D eigenvalue weighted by Crippen LogP contribution is 2.44. The standard InChI is InChI=1S/C27H35N3O3/c1-2-32-23-18-25(21-8-4-3-5-9-21)33-27(19-23)12-16-30(17-13-27)26(31)24-11-10-22(20-28-24)29-14-6-7-15-29/h3-5,8-11,20,23,25H,2,6-7,12-19H2,1H3. The first-order valence-electron chi connectivity index (χ1n) is 12.5. The Morgan fingerprint density at radius 1 is 1.09 bits per heavy atom. The van der Waals surface area contributed by atoms with E-state index >= 15 is 0 Å². The number of rotatable bonds is 5. The lowest BCUT2D eigenvalue weighted by molar-refractivity contribution is -0.190. The van der Waals surface area contributed by atoms with E-state index in [0.717, 1.165) is 44.5 Å². The summed E-state index contributed by atoms with van der Waals surface area (Å²) in [4.78, 5) is 21.9. The number of carbonyl (C=O) groups excluding carboxylic acids is 1. The van der Waals surface area contributed by atoms with E-state index < -0.39 is 0 Å². The van der Waals surface area contributed by atoms with Crippen LogP contribution in [0.1, 0.15) is 67.6 Å². The molecule has 0 radical (unpaired) electrons. The van der Waals surface area contributed by atoms with E-state index in [-0.39, 0.29) is 23.7 Å². The molecule has 1 spiro atoms. The van der Waals surface area contributed by atoms with E-state index in [2.05, 4.69) is 41.1 Å². The summed E-state index contributed by atoms with van der Waals surface area (Å²) >= 11 is 0. The molecule has 3 saturated heterocycles. The number of piperidine rings is 1. The lowest BCUT2D eigenvalue weighted by Gasteiger charge is -2.48. The largest absolute Gasteiger partial charge is 0.378 e. The van der Waals surface area contributed by atoms with Crippen LogP contribution in [0.3, 0.4) is 0 Å². The highest BCUT2D eigenvalue weighted by molar-refractivity contribution is 5.92. The maximum absolute atomic E-state index is 13.1. The highest BCUT2D eigenvalue weighted by Gasteiger charge is 2.45. The molecule has 0 aliphatic carbocycles. The van der Waals surface area contributed by atoms with Crippen molar-refractivity contribution in [2.24, 2.45) is 0 Å². The molecular weight excluding hydrogens is 414 g/mol. The zero-order valence-electron chi connectivity index (χ0n) is 19.6. The van der Waals surface area contributed by atoms with Crippen LogP contribution < -0.4 is 4.90 Å². The van der Waals surface area contributed by atoms with Crippen LogP contribution >= 0.6 is 0 Å². The van der Waals surface area contributed by atoms with Gasteiger partial charge in [-0.2, -0.15) is 0 Å². The number of ether oxygens (including phenoxy) is 2. The fraction of sp³-hybridized carbons (Fsp3) is 0.556. The van der Waals surface area contributed by atoms with Crippen molar-refractivity contribution >= 4 is 11.6 Å². The van der Waals surface area contributed by atoms with Gasteiger partial charge in [-0.1, -0.05) is 30.3 Å². The van der Waals surface area contributed by atoms with Crippen molar-refractivity contribution in [3.05, 3.63) is 59.9 Å². The van der Waals surface area contributed by atoms with Crippen LogP contribution in [0.15, 0.2) is 48.7 Å². The molecule has 0 N–H and O–H groups in total. The van der Waals surface area contributed by atoms with Gasteiger partial charge in [0.05, 0.1) is 29.7 Å². The van der Waals surface area contributed by atoms with Crippen LogP contribution in [0.25, 0.3) is 0 Å². The summed E-state index contributed by atoms with van der Waals surface area (Å²) in [6.07, 6.45) is 7.99. The molecule has 2 aromatic rings. The number of hydrogen-bond donors (Lipinski definition) is 0. The van der Waals surface area contributed by atoms with Crippen molar-refractivity contribution in [3.8, 4) is 0 Å². The molecule has 3 aliphatic rings. The number of aromatic nitrogens is 1. The van der Waals surface area contributed by atoms with E-state index in [0.29, 0.717) is 25.4 Å². The molecular formula is C27H35N3O3. The molecule has 33 heavy (non-hydrogen) atoms. The minimum absolute atomic E-state index is 0.0228. The summed E-state index contributed by atoms with van der Waals surface area (Å²) in [7, 11) is 0. The van der Waals surface area contributed by atoms with Gasteiger partial charge in [-0.3, -0.25) is 4.79 Å². The molecule has 1 amide bonds. The Morgan fingerprint density at radius 2 is 1.85 bits per heavy atom. The van der Waals surface area contributed by atoms with Crippen molar-refractivity contribution in [3.63, 3.8) is 0 Å². The third-order valence-corrected chi connectivity index (χ3v) is 7.44. The number of pyridine rings is 1. The first kappa shape index (κ1) is 22.4. The van der Waals surface area contributed by atoms with Crippen molar-refractivity contribution in [2.75, 3.05) is 37.7 Å². The molecule has 6 nitrogen and oxygen atoms in total. The van der Waals surface area contributed by atoms with Gasteiger partial charge in [0, 0.05) is 45.6 Å². The highest BCUT2D eigenvalue weighted by atomic mass is 16.5. The average molecular weight is 450 g/mol. The van der Waals surface area contributed by atoms with E-state index in [9.17, 15) is 4.79 Å². The van der Waals surface area contributed by atoms with Crippen molar-refractivity contribution in [1.29, 1.82) is 0 Å². The molecule has 2 unspecified atom stereocenters. The number of carbonyl (C=O) groups is 1. The van der Waals surface area contributed by atoms with Gasteiger partial charge in [0.15, 0.2) is 0 Å². The molecule has 1 aromatic heterocycles. The van der Waals surface area contributed by atoms with Gasteiger partial charge < -0.3 is 19.3 Å². The molecule has 3 aliphatic heterocycles. The first-order chi connectivity index (χ1) is 16.2. The number of amides is 1. The number of benzene rings is 1. The molecule has 4 heterocycles. The summed E-state index contributed by atoms with van der Waals surface area (Å²) in [5, 5.41) is 0. The molecule has 5 rings (SSSR count). The normalized spacial score (nSPS) is 24.9. The van der Waals surface area contributed by atoms with Crippen LogP contribution in [-0.4, -0.2) is 60.3 Å². The SMILES string of the molecule is CCOC1CC(c2ccccc2)OC2(CCN(C(=O)c3ccc(N4CCCC4)cn3)CC2)C1. The van der Waals surface area contributed by atoms with Gasteiger partial charge in [0.2, 0.25) is 0 Å². The lowest BCUT2D eigenvalue weighted by atomic mass is 9.80. The summed E-state index contributed by atoms with van der Waals surface area (Å²) < 4.78 is 12.8. The van der Waals surface area contributed by atoms with Gasteiger partial charge >= 0.3 is 0 Å². The Balaban J connectivity index is 1.24. The van der Waals surface area contributed by atoms with Crippen molar-refractivity contribution < 1.29 is 14.3 Å². The topological polar surface area (TPSA) is 54.9 Å². The summed E-state index contributed by atoms with van der Waals surface area (Å²) in [5.41, 5.74) is 2.63. The zero-order valence-corrected chi connectivity index (χ0v) is 19.6. The van der Waals surface area contributed by atoms with Crippen molar-refractivity contribution in [2.45, 2.75) is 63.3 Å². The zero-order chi connectivity index (χ0) is 22.7. The Kier molecular flexibility index (Phi) is 6.65. The average Bonchev–Trinajstić information content (AvgIpc) is 3.40. The summed E-state index contributed by atoms with van der Waals surface area (Å²) in [6, 6.07) is 14.4. The fourth-order valence-electron chi connectivity index (χ4n) is 5.65. The maximum atomic E-state index is 13.1. The molecule has 3 fully saturated rings. The van der Waals surface area contributed by atoms with Gasteiger partial charge in [0.1, 0.15) is 5.69 Å². The van der Waals surface area contributed by atoms with Gasteiger partial charge in [-0.05, 0) is 50.3 Å². The minimum atomic E-state index is -0.234. The molecule has 176 valence electrons. The second kappa shape index (κ2) is 9.82. The Bertz CT molecular complexity index is 919. The molecule has 0 bridgehead atoms. The Morgan fingerprint density at radius 3 is 2.52 bits per heavy atom. The quantitative estimate of drug-likeness (QED) is 0.667. The maximum Gasteiger partial charge on any atom is 0.272 e. The number of likely N-dealkylation sites (tertiary alicyclic amines) is 1. The van der Waals surface area contributed by atoms with Crippen LogP contribution in [0.5, 0.6) is 0 Å². The van der Waals surface area contributed by atoms with Crippen LogP contribution in [-0.2, 0) is 9.47 Å². The predicted octanol–water partition coefficient (Wildman–Crippen LogP) is 4.61. The number of anilines is 1. The summed E-state index contributed by atoms with van der Waals surface area (Å²) in [5.74, 6) is 0.0228. The van der Waals surface area contributed by atoms with E-state index in [1.807, 2.05) is 29.3 Å². The fourth-order valence-corrected chi connectivity index (χ4v) is 5.65. The predicted molar refractivity (Wildman–Crippen MR) is 128 cm³/mol. The van der Waals surface area contributed by atoms with Gasteiger partial charge in [0.25, 0.3) is 5.91 Å². The number of hydrogen-bond acceptors (Lipinski definition) is 5. The molecule has 6 heteroatoms. The van der Waals surface area contributed by atoms with Gasteiger partial charge in [-0.15, -0.1) is 0 Å². The smallest absolute Gasteiger partial charge is 0.272 e. The second-order valence-electron chi connectivity index (χ2n) is 9.61. The van der Waals surface area contributed by atoms with Crippen LogP contribution in [0.4, 0.5) is 5.69 Å². The van der Waals surface area contributed by atoms with Crippen molar-refractivity contribution in [1.82, 2.24) is 9.88 Å². The Hall–Kier alpha value is -2.44. The molecule has 0 saturated carbocycles. The van der Waals surface area contributed by atoms with E-state index in [4.69, 9.17) is 9.47 Å². The van der Waals surface area contributed by atoms with Crippen LogP contribution in [0, 0.1) is 0 Å². The summed E-state index contributed by atoms with van der Waals surface area (Å²) in [6.45, 7) is 6.31. The monoisotopic (exact) mass is 449 g/mol. The Labute approximate surface area is 196 Å². The van der Waals surface area contributed by atoms with E-state index in [1.165, 1.54) is 18.4 Å². The van der Waals surface area contributed by atoms with Crippen LogP contribution in [0.2, 0.25) is 0 Å². The number of nitrogens with zero attached hydrogens (tertiary/aromatic N) is 3. The second-order valence-corrected chi connectivity index (χ2v) is 9.61.